The highest BCUT2D eigenvalue weighted by atomic mass is 32.2. The molecule has 0 radical (unpaired) electrons. The molecule has 6 nitrogen and oxygen atoms in total. The maximum atomic E-state index is 13.6. The summed E-state index contributed by atoms with van der Waals surface area (Å²) in [4.78, 5) is 11.9. The highest BCUT2D eigenvalue weighted by molar-refractivity contribution is 8.01. The first kappa shape index (κ1) is 16.6. The van der Waals surface area contributed by atoms with Crippen LogP contribution in [-0.4, -0.2) is 33.6 Å². The molecule has 0 fully saturated rings. The first-order valence-electron chi connectivity index (χ1n) is 6.00. The van der Waals surface area contributed by atoms with E-state index in [9.17, 15) is 18.0 Å². The molecule has 1 amide bonds. The van der Waals surface area contributed by atoms with Crippen molar-refractivity contribution in [2.75, 3.05) is 11.1 Å². The Morgan fingerprint density at radius 2 is 2.18 bits per heavy atom. The number of nitrogens with one attached hydrogen (secondary N) is 2. The summed E-state index contributed by atoms with van der Waals surface area (Å²) in [5.41, 5.74) is -3.99. The van der Waals surface area contributed by atoms with Gasteiger partial charge in [0.25, 0.3) is 11.4 Å². The summed E-state index contributed by atoms with van der Waals surface area (Å²) in [6.07, 6.45) is -5.01. The van der Waals surface area contributed by atoms with E-state index in [-0.39, 0.29) is 10.8 Å². The monoisotopic (exact) mass is 349 g/mol. The third-order valence-corrected chi connectivity index (χ3v) is 4.75. The van der Waals surface area contributed by atoms with Crippen molar-refractivity contribution in [3.63, 3.8) is 0 Å². The number of nitriles is 1. The molecule has 0 saturated heterocycles. The van der Waals surface area contributed by atoms with Crippen LogP contribution in [0.25, 0.3) is 0 Å². The van der Waals surface area contributed by atoms with Gasteiger partial charge in [-0.1, -0.05) is 30.0 Å². The molecule has 2 rings (SSSR count). The lowest BCUT2D eigenvalue weighted by Gasteiger charge is -2.29. The minimum atomic E-state index is -5.01. The maximum Gasteiger partial charge on any atom is 0.425 e. The zero-order valence-electron chi connectivity index (χ0n) is 11.4. The van der Waals surface area contributed by atoms with Crippen LogP contribution in [0.1, 0.15) is 13.8 Å². The predicted octanol–water partition coefficient (Wildman–Crippen LogP) is 2.29. The van der Waals surface area contributed by atoms with Crippen LogP contribution in [0, 0.1) is 11.3 Å². The average molecular weight is 349 g/mol. The Morgan fingerprint density at radius 3 is 2.73 bits per heavy atom. The van der Waals surface area contributed by atoms with Gasteiger partial charge in [-0.3, -0.25) is 4.79 Å². The minimum Gasteiger partial charge on any atom is -0.334 e. The van der Waals surface area contributed by atoms with Crippen LogP contribution < -0.4 is 10.6 Å². The highest BCUT2D eigenvalue weighted by Gasteiger charge is 2.67. The quantitative estimate of drug-likeness (QED) is 0.811. The Bertz CT molecular complexity index is 678. The molecule has 118 valence electrons. The molecule has 11 heteroatoms. The number of halogens is 3. The number of anilines is 1. The molecular formula is C11H10F3N5OS2. The van der Waals surface area contributed by atoms with E-state index in [1.807, 2.05) is 6.92 Å². The van der Waals surface area contributed by atoms with Gasteiger partial charge in [0.1, 0.15) is 0 Å². The number of alkyl halides is 3. The number of carbonyl (C=O) groups excluding carboxylic acids is 1. The topological polar surface area (TPSA) is 90.7 Å². The fourth-order valence-corrected chi connectivity index (χ4v) is 3.66. The summed E-state index contributed by atoms with van der Waals surface area (Å²) in [7, 11) is 0. The Morgan fingerprint density at radius 1 is 1.50 bits per heavy atom. The number of allylic oxidation sites excluding steroid dienone is 1. The predicted molar refractivity (Wildman–Crippen MR) is 75.2 cm³/mol. The fourth-order valence-electron chi connectivity index (χ4n) is 1.95. The van der Waals surface area contributed by atoms with E-state index in [0.717, 1.165) is 11.3 Å². The fraction of sp³-hybridized carbons (Fsp3) is 0.455. The summed E-state index contributed by atoms with van der Waals surface area (Å²) < 4.78 is 41.2. The highest BCUT2D eigenvalue weighted by Crippen LogP contribution is 2.43. The third kappa shape index (κ3) is 2.52. The molecule has 2 heterocycles. The second-order valence-electron chi connectivity index (χ2n) is 4.24. The molecule has 1 aromatic heterocycles. The van der Waals surface area contributed by atoms with Gasteiger partial charge in [0, 0.05) is 5.70 Å². The van der Waals surface area contributed by atoms with E-state index < -0.39 is 23.2 Å². The summed E-state index contributed by atoms with van der Waals surface area (Å²) in [6, 6.07) is 1.46. The van der Waals surface area contributed by atoms with Gasteiger partial charge < -0.3 is 10.6 Å². The lowest BCUT2D eigenvalue weighted by molar-refractivity contribution is -0.174. The van der Waals surface area contributed by atoms with Gasteiger partial charge in [-0.25, -0.2) is 0 Å². The molecule has 1 unspecified atom stereocenters. The SMILES string of the molecule is CCSc1nnc(NC2(C(F)(F)F)C(=O)NC(C)=C2C#N)s1. The number of aromatic nitrogens is 2. The first-order chi connectivity index (χ1) is 10.3. The zero-order chi connectivity index (χ0) is 16.5. The molecule has 22 heavy (non-hydrogen) atoms. The van der Waals surface area contributed by atoms with Crippen molar-refractivity contribution in [3.8, 4) is 6.07 Å². The Labute approximate surface area is 131 Å². The van der Waals surface area contributed by atoms with Crippen molar-refractivity contribution in [3.05, 3.63) is 11.3 Å². The molecule has 0 saturated carbocycles. The number of hydrogen-bond donors (Lipinski definition) is 2. The molecule has 0 aromatic carbocycles. The van der Waals surface area contributed by atoms with Gasteiger partial charge in [0.15, 0.2) is 4.34 Å². The van der Waals surface area contributed by atoms with E-state index in [0.29, 0.717) is 10.1 Å². The van der Waals surface area contributed by atoms with Crippen LogP contribution in [0.5, 0.6) is 0 Å². The largest absolute Gasteiger partial charge is 0.425 e. The van der Waals surface area contributed by atoms with Crippen molar-refractivity contribution >= 4 is 34.1 Å². The van der Waals surface area contributed by atoms with Crippen molar-refractivity contribution in [1.29, 1.82) is 5.26 Å². The Hall–Kier alpha value is -1.80. The van der Waals surface area contributed by atoms with Gasteiger partial charge in [-0.15, -0.1) is 10.2 Å². The Balaban J connectivity index is 2.48. The first-order valence-corrected chi connectivity index (χ1v) is 7.80. The molecule has 0 spiro atoms. The van der Waals surface area contributed by atoms with E-state index in [1.165, 1.54) is 24.8 Å². The standard InChI is InChI=1S/C11H10F3N5OS2/c1-3-21-9-19-18-8(22-9)17-10(11(12,13)14)6(4-15)5(2)16-7(10)20/h3H2,1-2H3,(H,16,20)(H,17,18). The molecule has 1 aliphatic rings. The van der Waals surface area contributed by atoms with Gasteiger partial charge >= 0.3 is 6.18 Å². The van der Waals surface area contributed by atoms with Gasteiger partial charge in [0.2, 0.25) is 5.13 Å². The lowest BCUT2D eigenvalue weighted by Crippen LogP contribution is -2.59. The zero-order valence-corrected chi connectivity index (χ0v) is 13.0. The van der Waals surface area contributed by atoms with Crippen LogP contribution in [0.4, 0.5) is 18.3 Å². The number of amides is 1. The van der Waals surface area contributed by atoms with Crippen LogP contribution in [0.2, 0.25) is 0 Å². The van der Waals surface area contributed by atoms with Gasteiger partial charge in [0.05, 0.1) is 11.6 Å². The van der Waals surface area contributed by atoms with Crippen molar-refractivity contribution in [2.24, 2.45) is 0 Å². The average Bonchev–Trinajstić information content (AvgIpc) is 2.93. The van der Waals surface area contributed by atoms with E-state index in [2.05, 4.69) is 20.8 Å². The number of hydrogen-bond acceptors (Lipinski definition) is 7. The molecular weight excluding hydrogens is 339 g/mol. The van der Waals surface area contributed by atoms with Crippen molar-refractivity contribution in [1.82, 2.24) is 15.5 Å². The number of nitrogens with zero attached hydrogens (tertiary/aromatic N) is 3. The summed E-state index contributed by atoms with van der Waals surface area (Å²) >= 11 is 2.21. The summed E-state index contributed by atoms with van der Waals surface area (Å²) in [6.45, 7) is 3.10. The van der Waals surface area contributed by atoms with Crippen molar-refractivity contribution in [2.45, 2.75) is 29.9 Å². The second kappa shape index (κ2) is 5.77. The summed E-state index contributed by atoms with van der Waals surface area (Å²) in [5, 5.41) is 20.3. The number of rotatable bonds is 4. The smallest absolute Gasteiger partial charge is 0.334 e. The molecule has 0 bridgehead atoms. The van der Waals surface area contributed by atoms with Crippen LogP contribution in [0.3, 0.4) is 0 Å². The maximum absolute atomic E-state index is 13.6. The number of thioether (sulfide) groups is 1. The summed E-state index contributed by atoms with van der Waals surface area (Å²) in [5.74, 6) is -0.670. The second-order valence-corrected chi connectivity index (χ2v) is 6.73. The van der Waals surface area contributed by atoms with Crippen LogP contribution in [0.15, 0.2) is 15.6 Å². The molecule has 1 atom stereocenters. The normalized spacial score (nSPS) is 21.7. The van der Waals surface area contributed by atoms with Gasteiger partial charge in [-0.05, 0) is 12.7 Å². The minimum absolute atomic E-state index is 0.134. The van der Waals surface area contributed by atoms with E-state index in [1.54, 1.807) is 0 Å². The lowest BCUT2D eigenvalue weighted by atomic mass is 9.90. The van der Waals surface area contributed by atoms with Crippen LogP contribution in [-0.2, 0) is 4.79 Å². The molecule has 1 aliphatic heterocycles. The van der Waals surface area contributed by atoms with E-state index >= 15 is 0 Å². The molecule has 0 aliphatic carbocycles. The van der Waals surface area contributed by atoms with Crippen LogP contribution >= 0.6 is 23.1 Å². The Kier molecular flexibility index (Phi) is 4.35. The van der Waals surface area contributed by atoms with Crippen molar-refractivity contribution < 1.29 is 18.0 Å². The number of carbonyl (C=O) groups is 1. The third-order valence-electron chi connectivity index (χ3n) is 2.90. The van der Waals surface area contributed by atoms with Gasteiger partial charge in [-0.2, -0.15) is 18.4 Å². The van der Waals surface area contributed by atoms with E-state index in [4.69, 9.17) is 5.26 Å². The molecule has 2 N–H and O–H groups in total. The molecule has 1 aromatic rings.